The number of halogens is 4. The van der Waals surface area contributed by atoms with Crippen molar-refractivity contribution in [2.24, 2.45) is 0 Å². The number of hydrogen-bond donors (Lipinski definition) is 0. The lowest BCUT2D eigenvalue weighted by molar-refractivity contribution is -0.138. The third-order valence-corrected chi connectivity index (χ3v) is 3.69. The molecule has 1 saturated heterocycles. The Morgan fingerprint density at radius 2 is 1.76 bits per heavy atom. The van der Waals surface area contributed by atoms with Crippen molar-refractivity contribution in [1.29, 1.82) is 0 Å². The Hall–Kier alpha value is -1.27. The third-order valence-electron chi connectivity index (χ3n) is 3.52. The van der Waals surface area contributed by atoms with E-state index in [2.05, 4.69) is 4.90 Å². The highest BCUT2D eigenvalue weighted by Crippen LogP contribution is 2.32. The Morgan fingerprint density at radius 3 is 2.33 bits per heavy atom. The SMILES string of the molecule is O=C(c1ccccc1C(F)(F)F)N1CCN(CCCl)CC1. The number of alkyl halides is 4. The molecule has 0 bridgehead atoms. The van der Waals surface area contributed by atoms with E-state index < -0.39 is 17.6 Å². The van der Waals surface area contributed by atoms with Crippen LogP contribution in [0, 0.1) is 0 Å². The number of hydrogen-bond acceptors (Lipinski definition) is 2. The van der Waals surface area contributed by atoms with E-state index in [0.717, 1.165) is 12.6 Å². The summed E-state index contributed by atoms with van der Waals surface area (Å²) in [6.07, 6.45) is -4.52. The number of benzene rings is 1. The van der Waals surface area contributed by atoms with Gasteiger partial charge in [0, 0.05) is 38.6 Å². The first-order valence-corrected chi connectivity index (χ1v) is 7.20. The van der Waals surface area contributed by atoms with Crippen LogP contribution in [0.25, 0.3) is 0 Å². The molecule has 116 valence electrons. The number of rotatable bonds is 3. The summed E-state index contributed by atoms with van der Waals surface area (Å²) in [7, 11) is 0. The predicted octanol–water partition coefficient (Wildman–Crippen LogP) is 2.70. The molecule has 2 rings (SSSR count). The van der Waals surface area contributed by atoms with Crippen LogP contribution in [0.15, 0.2) is 24.3 Å². The van der Waals surface area contributed by atoms with Crippen molar-refractivity contribution in [3.8, 4) is 0 Å². The van der Waals surface area contributed by atoms with E-state index in [1.54, 1.807) is 0 Å². The van der Waals surface area contributed by atoms with E-state index in [1.165, 1.54) is 23.1 Å². The van der Waals surface area contributed by atoms with Crippen LogP contribution in [0.3, 0.4) is 0 Å². The van der Waals surface area contributed by atoms with Gasteiger partial charge in [0.1, 0.15) is 0 Å². The molecule has 1 aliphatic heterocycles. The average Bonchev–Trinajstić information content (AvgIpc) is 2.47. The van der Waals surface area contributed by atoms with Gasteiger partial charge in [0.2, 0.25) is 0 Å². The highest BCUT2D eigenvalue weighted by atomic mass is 35.5. The van der Waals surface area contributed by atoms with Gasteiger partial charge in [-0.1, -0.05) is 12.1 Å². The molecule has 0 spiro atoms. The van der Waals surface area contributed by atoms with Crippen LogP contribution in [0.5, 0.6) is 0 Å². The molecule has 0 radical (unpaired) electrons. The van der Waals surface area contributed by atoms with Gasteiger partial charge < -0.3 is 4.90 Å². The summed E-state index contributed by atoms with van der Waals surface area (Å²) in [5.74, 6) is -0.0568. The molecule has 0 N–H and O–H groups in total. The van der Waals surface area contributed by atoms with Crippen LogP contribution >= 0.6 is 11.6 Å². The summed E-state index contributed by atoms with van der Waals surface area (Å²) in [4.78, 5) is 15.9. The lowest BCUT2D eigenvalue weighted by Gasteiger charge is -2.34. The molecule has 0 aliphatic carbocycles. The van der Waals surface area contributed by atoms with Gasteiger partial charge in [0.15, 0.2) is 0 Å². The van der Waals surface area contributed by atoms with Crippen molar-refractivity contribution in [3.05, 3.63) is 35.4 Å². The Kier molecular flexibility index (Phi) is 5.11. The summed E-state index contributed by atoms with van der Waals surface area (Å²) in [6, 6.07) is 4.91. The van der Waals surface area contributed by atoms with Crippen molar-refractivity contribution >= 4 is 17.5 Å². The van der Waals surface area contributed by atoms with E-state index in [0.29, 0.717) is 32.1 Å². The normalized spacial score (nSPS) is 17.0. The second kappa shape index (κ2) is 6.66. The van der Waals surface area contributed by atoms with Crippen LogP contribution in [0.2, 0.25) is 0 Å². The molecule has 1 aromatic carbocycles. The zero-order valence-corrected chi connectivity index (χ0v) is 12.1. The second-order valence-corrected chi connectivity index (χ2v) is 5.24. The summed E-state index contributed by atoms with van der Waals surface area (Å²) < 4.78 is 38.8. The van der Waals surface area contributed by atoms with E-state index >= 15 is 0 Å². The van der Waals surface area contributed by atoms with Crippen LogP contribution in [-0.2, 0) is 6.18 Å². The Balaban J connectivity index is 2.12. The molecule has 0 aromatic heterocycles. The molecular weight excluding hydrogens is 305 g/mol. The van der Waals surface area contributed by atoms with Crippen molar-refractivity contribution in [1.82, 2.24) is 9.80 Å². The van der Waals surface area contributed by atoms with E-state index in [-0.39, 0.29) is 5.56 Å². The lowest BCUT2D eigenvalue weighted by Crippen LogP contribution is -2.49. The molecule has 1 amide bonds. The maximum atomic E-state index is 12.9. The van der Waals surface area contributed by atoms with Gasteiger partial charge in [0.05, 0.1) is 11.1 Å². The second-order valence-electron chi connectivity index (χ2n) is 4.87. The highest BCUT2D eigenvalue weighted by molar-refractivity contribution is 6.18. The largest absolute Gasteiger partial charge is 0.417 e. The summed E-state index contributed by atoms with van der Waals surface area (Å²) in [6.45, 7) is 2.83. The van der Waals surface area contributed by atoms with Gasteiger partial charge in [0.25, 0.3) is 5.91 Å². The molecule has 7 heteroatoms. The third kappa shape index (κ3) is 3.89. The first-order chi connectivity index (χ1) is 9.93. The van der Waals surface area contributed by atoms with Crippen molar-refractivity contribution in [3.63, 3.8) is 0 Å². The van der Waals surface area contributed by atoms with Gasteiger partial charge in [-0.3, -0.25) is 9.69 Å². The molecule has 1 heterocycles. The first-order valence-electron chi connectivity index (χ1n) is 6.67. The monoisotopic (exact) mass is 320 g/mol. The minimum atomic E-state index is -4.52. The maximum Gasteiger partial charge on any atom is 0.417 e. The van der Waals surface area contributed by atoms with Crippen LogP contribution < -0.4 is 0 Å². The summed E-state index contributed by atoms with van der Waals surface area (Å²) >= 11 is 5.65. The number of nitrogens with zero attached hydrogens (tertiary/aromatic N) is 2. The van der Waals surface area contributed by atoms with Crippen molar-refractivity contribution in [2.75, 3.05) is 38.6 Å². The van der Waals surface area contributed by atoms with Crippen LogP contribution in [0.4, 0.5) is 13.2 Å². The molecular formula is C14H16ClF3N2O. The molecule has 0 saturated carbocycles. The van der Waals surface area contributed by atoms with Gasteiger partial charge in [-0.15, -0.1) is 11.6 Å². The average molecular weight is 321 g/mol. The maximum absolute atomic E-state index is 12.9. The van der Waals surface area contributed by atoms with Gasteiger partial charge >= 0.3 is 6.18 Å². The fourth-order valence-electron chi connectivity index (χ4n) is 2.38. The zero-order chi connectivity index (χ0) is 15.5. The number of carbonyl (C=O) groups excluding carboxylic acids is 1. The van der Waals surface area contributed by atoms with Crippen LogP contribution in [0.1, 0.15) is 15.9 Å². The molecule has 3 nitrogen and oxygen atoms in total. The molecule has 1 fully saturated rings. The number of piperazine rings is 1. The Labute approximate surface area is 126 Å². The van der Waals surface area contributed by atoms with E-state index in [4.69, 9.17) is 11.6 Å². The van der Waals surface area contributed by atoms with E-state index in [9.17, 15) is 18.0 Å². The fourth-order valence-corrected chi connectivity index (χ4v) is 2.62. The van der Waals surface area contributed by atoms with Gasteiger partial charge in [-0.25, -0.2) is 0 Å². The predicted molar refractivity (Wildman–Crippen MR) is 74.5 cm³/mol. The van der Waals surface area contributed by atoms with Crippen LogP contribution in [-0.4, -0.2) is 54.3 Å². The topological polar surface area (TPSA) is 23.6 Å². The Bertz CT molecular complexity index is 499. The minimum absolute atomic E-state index is 0.282. The van der Waals surface area contributed by atoms with E-state index in [1.807, 2.05) is 0 Å². The standard InChI is InChI=1S/C14H16ClF3N2O/c15-5-6-19-7-9-20(10-8-19)13(21)11-3-1-2-4-12(11)14(16,17)18/h1-4H,5-10H2. The zero-order valence-electron chi connectivity index (χ0n) is 11.4. The minimum Gasteiger partial charge on any atom is -0.336 e. The van der Waals surface area contributed by atoms with Crippen molar-refractivity contribution < 1.29 is 18.0 Å². The Morgan fingerprint density at radius 1 is 1.14 bits per heavy atom. The summed E-state index contributed by atoms with van der Waals surface area (Å²) in [5.41, 5.74) is -1.16. The first kappa shape index (κ1) is 16.1. The molecule has 0 atom stereocenters. The molecule has 1 aromatic rings. The quantitative estimate of drug-likeness (QED) is 0.800. The highest BCUT2D eigenvalue weighted by Gasteiger charge is 2.36. The van der Waals surface area contributed by atoms with Gasteiger partial charge in [-0.2, -0.15) is 13.2 Å². The summed E-state index contributed by atoms with van der Waals surface area (Å²) in [5, 5.41) is 0. The van der Waals surface area contributed by atoms with Crippen molar-refractivity contribution in [2.45, 2.75) is 6.18 Å². The fraction of sp³-hybridized carbons (Fsp3) is 0.500. The van der Waals surface area contributed by atoms with Gasteiger partial charge in [-0.05, 0) is 12.1 Å². The molecule has 0 unspecified atom stereocenters. The number of carbonyl (C=O) groups is 1. The smallest absolute Gasteiger partial charge is 0.336 e. The molecule has 1 aliphatic rings. The molecule has 21 heavy (non-hydrogen) atoms. The number of amides is 1. The lowest BCUT2D eigenvalue weighted by atomic mass is 10.1.